The molecular weight excluding hydrogens is 154 g/mol. The third-order valence-corrected chi connectivity index (χ3v) is 2.12. The number of nitrogens with one attached hydrogen (secondary N) is 1. The van der Waals surface area contributed by atoms with Gasteiger partial charge in [-0.05, 0) is 12.8 Å². The van der Waals surface area contributed by atoms with Crippen LogP contribution in [0.1, 0.15) is 33.6 Å². The molecule has 0 heterocycles. The Morgan fingerprint density at radius 2 is 2.08 bits per heavy atom. The molecule has 0 unspecified atom stereocenters. The quantitative estimate of drug-likeness (QED) is 0.607. The zero-order valence-corrected chi connectivity index (χ0v) is 8.18. The summed E-state index contributed by atoms with van der Waals surface area (Å²) in [5, 5.41) is 11.3. The molecular formula is C9H19NO2. The van der Waals surface area contributed by atoms with Crippen molar-refractivity contribution in [2.45, 2.75) is 33.6 Å². The zero-order valence-electron chi connectivity index (χ0n) is 8.18. The summed E-state index contributed by atoms with van der Waals surface area (Å²) in [6.07, 6.45) is 1.46. The molecule has 3 nitrogen and oxygen atoms in total. The Bertz CT molecular complexity index is 143. The van der Waals surface area contributed by atoms with Gasteiger partial charge in [-0.25, -0.2) is 0 Å². The van der Waals surface area contributed by atoms with E-state index in [0.717, 1.165) is 6.42 Å². The number of aliphatic hydroxyl groups is 1. The minimum absolute atomic E-state index is 0.0680. The molecule has 12 heavy (non-hydrogen) atoms. The van der Waals surface area contributed by atoms with Gasteiger partial charge in [0.25, 0.3) is 0 Å². The largest absolute Gasteiger partial charge is 0.396 e. The van der Waals surface area contributed by atoms with E-state index < -0.39 is 0 Å². The standard InChI is InChI=1S/C9H19NO2/c1-4-9(2,3)8(12)10-6-5-7-11/h11H,4-7H2,1-3H3,(H,10,12). The Kier molecular flexibility index (Phi) is 4.90. The topological polar surface area (TPSA) is 49.3 Å². The molecule has 0 spiro atoms. The molecule has 0 aliphatic carbocycles. The normalized spacial score (nSPS) is 11.3. The molecule has 0 radical (unpaired) electrons. The Hall–Kier alpha value is -0.570. The van der Waals surface area contributed by atoms with Crippen LogP contribution in [0.3, 0.4) is 0 Å². The predicted octanol–water partition coefficient (Wildman–Crippen LogP) is 0.921. The molecule has 0 aromatic heterocycles. The highest BCUT2D eigenvalue weighted by Gasteiger charge is 2.24. The lowest BCUT2D eigenvalue weighted by Gasteiger charge is -2.21. The number of amides is 1. The van der Waals surface area contributed by atoms with E-state index in [-0.39, 0.29) is 17.9 Å². The zero-order chi connectivity index (χ0) is 9.61. The molecule has 1 amide bonds. The molecule has 0 atom stereocenters. The van der Waals surface area contributed by atoms with E-state index in [1.807, 2.05) is 20.8 Å². The van der Waals surface area contributed by atoms with Crippen molar-refractivity contribution in [3.63, 3.8) is 0 Å². The number of carbonyl (C=O) groups is 1. The second kappa shape index (κ2) is 5.14. The summed E-state index contributed by atoms with van der Waals surface area (Å²) < 4.78 is 0. The molecule has 0 aliphatic rings. The maximum absolute atomic E-state index is 11.4. The molecule has 2 N–H and O–H groups in total. The van der Waals surface area contributed by atoms with Crippen molar-refractivity contribution in [1.82, 2.24) is 5.32 Å². The molecule has 3 heteroatoms. The highest BCUT2D eigenvalue weighted by molar-refractivity contribution is 5.81. The molecule has 0 aromatic rings. The minimum atomic E-state index is -0.282. The second-order valence-corrected chi connectivity index (χ2v) is 3.57. The van der Waals surface area contributed by atoms with Crippen molar-refractivity contribution in [2.24, 2.45) is 5.41 Å². The number of hydrogen-bond acceptors (Lipinski definition) is 2. The summed E-state index contributed by atoms with van der Waals surface area (Å²) in [5.74, 6) is 0.0680. The molecule has 0 aromatic carbocycles. The highest BCUT2D eigenvalue weighted by Crippen LogP contribution is 2.18. The first-order valence-electron chi connectivity index (χ1n) is 4.43. The summed E-state index contributed by atoms with van der Waals surface area (Å²) in [6.45, 7) is 6.53. The van der Waals surface area contributed by atoms with Crippen molar-refractivity contribution < 1.29 is 9.90 Å². The van der Waals surface area contributed by atoms with Crippen molar-refractivity contribution >= 4 is 5.91 Å². The fourth-order valence-electron chi connectivity index (χ4n) is 0.681. The fraction of sp³-hybridized carbons (Fsp3) is 0.889. The van der Waals surface area contributed by atoms with Crippen molar-refractivity contribution in [1.29, 1.82) is 0 Å². The van der Waals surface area contributed by atoms with E-state index in [2.05, 4.69) is 5.32 Å². The van der Waals surface area contributed by atoms with Crippen LogP contribution in [-0.2, 0) is 4.79 Å². The Balaban J connectivity index is 3.72. The molecule has 0 aliphatic heterocycles. The van der Waals surface area contributed by atoms with Crippen LogP contribution in [0.15, 0.2) is 0 Å². The van der Waals surface area contributed by atoms with Gasteiger partial charge in [0.2, 0.25) is 5.91 Å². The smallest absolute Gasteiger partial charge is 0.225 e. The summed E-state index contributed by atoms with van der Waals surface area (Å²) in [5.41, 5.74) is -0.282. The van der Waals surface area contributed by atoms with E-state index in [0.29, 0.717) is 13.0 Å². The van der Waals surface area contributed by atoms with Gasteiger partial charge in [-0.2, -0.15) is 0 Å². The predicted molar refractivity (Wildman–Crippen MR) is 48.8 cm³/mol. The number of carbonyl (C=O) groups excluding carboxylic acids is 1. The highest BCUT2D eigenvalue weighted by atomic mass is 16.3. The van der Waals surface area contributed by atoms with Crippen LogP contribution in [0.5, 0.6) is 0 Å². The number of hydrogen-bond donors (Lipinski definition) is 2. The van der Waals surface area contributed by atoms with Crippen LogP contribution in [-0.4, -0.2) is 24.2 Å². The van der Waals surface area contributed by atoms with Crippen LogP contribution in [0.2, 0.25) is 0 Å². The van der Waals surface area contributed by atoms with Crippen molar-refractivity contribution in [3.05, 3.63) is 0 Å². The average Bonchev–Trinajstić information content (AvgIpc) is 2.05. The van der Waals surface area contributed by atoms with Gasteiger partial charge < -0.3 is 10.4 Å². The summed E-state index contributed by atoms with van der Waals surface area (Å²) >= 11 is 0. The van der Waals surface area contributed by atoms with Crippen LogP contribution in [0.4, 0.5) is 0 Å². The van der Waals surface area contributed by atoms with Gasteiger partial charge in [0.05, 0.1) is 0 Å². The van der Waals surface area contributed by atoms with Gasteiger partial charge in [0, 0.05) is 18.6 Å². The summed E-state index contributed by atoms with van der Waals surface area (Å²) in [4.78, 5) is 11.4. The van der Waals surface area contributed by atoms with E-state index >= 15 is 0 Å². The Morgan fingerprint density at radius 3 is 2.50 bits per heavy atom. The maximum atomic E-state index is 11.4. The van der Waals surface area contributed by atoms with E-state index in [9.17, 15) is 4.79 Å². The molecule has 0 saturated carbocycles. The third kappa shape index (κ3) is 3.72. The lowest BCUT2D eigenvalue weighted by Crippen LogP contribution is -2.37. The third-order valence-electron chi connectivity index (χ3n) is 2.12. The Labute approximate surface area is 74.2 Å². The van der Waals surface area contributed by atoms with Crippen LogP contribution >= 0.6 is 0 Å². The summed E-state index contributed by atoms with van der Waals surface area (Å²) in [7, 11) is 0. The van der Waals surface area contributed by atoms with Gasteiger partial charge in [-0.3, -0.25) is 4.79 Å². The van der Waals surface area contributed by atoms with Crippen molar-refractivity contribution in [2.75, 3.05) is 13.2 Å². The maximum Gasteiger partial charge on any atom is 0.225 e. The monoisotopic (exact) mass is 173 g/mol. The average molecular weight is 173 g/mol. The first-order valence-corrected chi connectivity index (χ1v) is 4.43. The first-order chi connectivity index (χ1) is 5.54. The fourth-order valence-corrected chi connectivity index (χ4v) is 0.681. The summed E-state index contributed by atoms with van der Waals surface area (Å²) in [6, 6.07) is 0. The van der Waals surface area contributed by atoms with Gasteiger partial charge in [-0.1, -0.05) is 20.8 Å². The van der Waals surface area contributed by atoms with Gasteiger partial charge >= 0.3 is 0 Å². The molecule has 0 fully saturated rings. The number of rotatable bonds is 5. The molecule has 0 saturated heterocycles. The molecule has 0 rings (SSSR count). The van der Waals surface area contributed by atoms with Gasteiger partial charge in [-0.15, -0.1) is 0 Å². The minimum Gasteiger partial charge on any atom is -0.396 e. The van der Waals surface area contributed by atoms with Crippen LogP contribution in [0, 0.1) is 5.41 Å². The van der Waals surface area contributed by atoms with E-state index in [1.54, 1.807) is 0 Å². The number of aliphatic hydroxyl groups excluding tert-OH is 1. The van der Waals surface area contributed by atoms with Gasteiger partial charge in [0.1, 0.15) is 0 Å². The van der Waals surface area contributed by atoms with Crippen molar-refractivity contribution in [3.8, 4) is 0 Å². The van der Waals surface area contributed by atoms with Crippen LogP contribution in [0.25, 0.3) is 0 Å². The molecule has 0 bridgehead atoms. The van der Waals surface area contributed by atoms with Crippen LogP contribution < -0.4 is 5.32 Å². The van der Waals surface area contributed by atoms with E-state index in [1.165, 1.54) is 0 Å². The first kappa shape index (κ1) is 11.4. The van der Waals surface area contributed by atoms with Gasteiger partial charge in [0.15, 0.2) is 0 Å². The second-order valence-electron chi connectivity index (χ2n) is 3.57. The molecule has 72 valence electrons. The lowest BCUT2D eigenvalue weighted by atomic mass is 9.89. The SMILES string of the molecule is CCC(C)(C)C(=O)NCCCO. The van der Waals surface area contributed by atoms with E-state index in [4.69, 9.17) is 5.11 Å². The lowest BCUT2D eigenvalue weighted by molar-refractivity contribution is -0.129. The Morgan fingerprint density at radius 1 is 1.50 bits per heavy atom.